The summed E-state index contributed by atoms with van der Waals surface area (Å²) < 4.78 is 0.734. The van der Waals surface area contributed by atoms with Crippen LogP contribution in [0.2, 0.25) is 0 Å². The van der Waals surface area contributed by atoms with Crippen LogP contribution in [-0.2, 0) is 4.79 Å². The Morgan fingerprint density at radius 3 is 2.39 bits per heavy atom. The summed E-state index contributed by atoms with van der Waals surface area (Å²) in [5.74, 6) is -0.790. The van der Waals surface area contributed by atoms with Crippen molar-refractivity contribution < 1.29 is 14.7 Å². The number of amides is 3. The van der Waals surface area contributed by atoms with E-state index in [-0.39, 0.29) is 11.4 Å². The zero-order valence-corrected chi connectivity index (χ0v) is 13.5. The molecule has 0 radical (unpaired) electrons. The van der Waals surface area contributed by atoms with Crippen LogP contribution >= 0.6 is 15.9 Å². The third-order valence-electron chi connectivity index (χ3n) is 2.86. The third-order valence-corrected chi connectivity index (χ3v) is 3.56. The third kappa shape index (κ3) is 4.58. The van der Waals surface area contributed by atoms with E-state index in [1.54, 1.807) is 30.3 Å². The summed E-state index contributed by atoms with van der Waals surface area (Å²) in [6, 6.07) is 11.4. The molecular formula is C16H14BrN3O3. The van der Waals surface area contributed by atoms with Gasteiger partial charge in [-0.25, -0.2) is 4.79 Å². The number of anilines is 2. The second-order valence-corrected chi connectivity index (χ2v) is 5.39. The smallest absolute Gasteiger partial charge is 0.323 e. The van der Waals surface area contributed by atoms with E-state index in [1.165, 1.54) is 12.1 Å². The van der Waals surface area contributed by atoms with Crippen LogP contribution in [0.25, 0.3) is 6.08 Å². The molecule has 0 aliphatic heterocycles. The number of carbonyl (C=O) groups is 2. The summed E-state index contributed by atoms with van der Waals surface area (Å²) in [7, 11) is 0. The Bertz CT molecular complexity index is 775. The van der Waals surface area contributed by atoms with Crippen molar-refractivity contribution in [2.45, 2.75) is 0 Å². The molecule has 2 rings (SSSR count). The Morgan fingerprint density at radius 1 is 1.04 bits per heavy atom. The summed E-state index contributed by atoms with van der Waals surface area (Å²) in [6.45, 7) is 0. The zero-order valence-electron chi connectivity index (χ0n) is 11.9. The van der Waals surface area contributed by atoms with Crippen LogP contribution in [-0.4, -0.2) is 17.0 Å². The quantitative estimate of drug-likeness (QED) is 0.486. The molecule has 0 fully saturated rings. The number of benzene rings is 2. The molecule has 2 aromatic carbocycles. The fraction of sp³-hybridized carbons (Fsp3) is 0. The number of hydrogen-bond acceptors (Lipinski definition) is 3. The molecule has 5 N–H and O–H groups in total. The number of nitrogens with one attached hydrogen (secondary N) is 2. The first-order valence-corrected chi connectivity index (χ1v) is 7.38. The van der Waals surface area contributed by atoms with E-state index < -0.39 is 11.9 Å². The Kier molecular flexibility index (Phi) is 5.37. The van der Waals surface area contributed by atoms with Gasteiger partial charge >= 0.3 is 6.03 Å². The van der Waals surface area contributed by atoms with Gasteiger partial charge in [-0.2, -0.15) is 0 Å². The summed E-state index contributed by atoms with van der Waals surface area (Å²) in [4.78, 5) is 22.8. The van der Waals surface area contributed by atoms with Crippen LogP contribution in [0.5, 0.6) is 5.75 Å². The van der Waals surface area contributed by atoms with Crippen molar-refractivity contribution in [3.63, 3.8) is 0 Å². The molecule has 0 aliphatic rings. The lowest BCUT2D eigenvalue weighted by molar-refractivity contribution is -0.113. The SMILES string of the molecule is NC(=O)/C=C/c1cccc(NC(=O)Nc2ccccc2Br)c1O. The van der Waals surface area contributed by atoms with Crippen molar-refractivity contribution in [3.05, 3.63) is 58.6 Å². The van der Waals surface area contributed by atoms with Crippen molar-refractivity contribution in [2.75, 3.05) is 10.6 Å². The van der Waals surface area contributed by atoms with Crippen LogP contribution < -0.4 is 16.4 Å². The Balaban J connectivity index is 2.14. The summed E-state index contributed by atoms with van der Waals surface area (Å²) in [6.07, 6.45) is 2.49. The summed E-state index contributed by atoms with van der Waals surface area (Å²) in [5, 5.41) is 15.3. The molecule has 3 amide bonds. The number of para-hydroxylation sites is 2. The van der Waals surface area contributed by atoms with Gasteiger partial charge < -0.3 is 21.5 Å². The molecule has 0 spiro atoms. The fourth-order valence-corrected chi connectivity index (χ4v) is 2.19. The van der Waals surface area contributed by atoms with Gasteiger partial charge in [0.15, 0.2) is 0 Å². The van der Waals surface area contributed by atoms with Crippen LogP contribution in [0, 0.1) is 0 Å². The highest BCUT2D eigenvalue weighted by Crippen LogP contribution is 2.29. The van der Waals surface area contributed by atoms with Crippen molar-refractivity contribution in [1.82, 2.24) is 0 Å². The molecule has 0 unspecified atom stereocenters. The number of nitrogens with two attached hydrogens (primary N) is 1. The van der Waals surface area contributed by atoms with E-state index in [9.17, 15) is 14.7 Å². The molecule has 0 heterocycles. The van der Waals surface area contributed by atoms with Gasteiger partial charge in [0.1, 0.15) is 5.75 Å². The fourth-order valence-electron chi connectivity index (χ4n) is 1.81. The minimum Gasteiger partial charge on any atom is -0.505 e. The number of carbonyl (C=O) groups excluding carboxylic acids is 2. The lowest BCUT2D eigenvalue weighted by Gasteiger charge is -2.11. The van der Waals surface area contributed by atoms with E-state index in [0.29, 0.717) is 11.3 Å². The average molecular weight is 376 g/mol. The number of primary amides is 1. The molecule has 0 saturated carbocycles. The van der Waals surface area contributed by atoms with Crippen LogP contribution in [0.3, 0.4) is 0 Å². The van der Waals surface area contributed by atoms with Gasteiger partial charge in [-0.15, -0.1) is 0 Å². The maximum atomic E-state index is 12.0. The first-order valence-electron chi connectivity index (χ1n) is 6.59. The minimum atomic E-state index is -0.630. The number of aromatic hydroxyl groups is 1. The second kappa shape index (κ2) is 7.46. The van der Waals surface area contributed by atoms with Gasteiger partial charge in [0.05, 0.1) is 11.4 Å². The summed E-state index contributed by atoms with van der Waals surface area (Å²) >= 11 is 3.33. The monoisotopic (exact) mass is 375 g/mol. The number of phenols is 1. The van der Waals surface area contributed by atoms with Crippen LogP contribution in [0.15, 0.2) is 53.0 Å². The zero-order chi connectivity index (χ0) is 16.8. The average Bonchev–Trinajstić information content (AvgIpc) is 2.50. The number of hydrogen-bond donors (Lipinski definition) is 4. The standard InChI is InChI=1S/C16H14BrN3O3/c17-11-5-1-2-6-12(11)19-16(23)20-13-7-3-4-10(15(13)22)8-9-14(18)21/h1-9,22H,(H2,18,21)(H2,19,20,23)/b9-8+. The highest BCUT2D eigenvalue weighted by Gasteiger charge is 2.10. The molecule has 0 aliphatic carbocycles. The maximum absolute atomic E-state index is 12.0. The van der Waals surface area contributed by atoms with Gasteiger partial charge in [0, 0.05) is 16.1 Å². The topological polar surface area (TPSA) is 104 Å². The molecule has 0 aromatic heterocycles. The second-order valence-electron chi connectivity index (χ2n) is 4.54. The predicted molar refractivity (Wildman–Crippen MR) is 93.1 cm³/mol. The van der Waals surface area contributed by atoms with Gasteiger partial charge in [0.2, 0.25) is 5.91 Å². The van der Waals surface area contributed by atoms with E-state index in [2.05, 4.69) is 26.6 Å². The normalized spacial score (nSPS) is 10.5. The first kappa shape index (κ1) is 16.6. The molecule has 0 bridgehead atoms. The lowest BCUT2D eigenvalue weighted by Crippen LogP contribution is -2.19. The lowest BCUT2D eigenvalue weighted by atomic mass is 10.1. The minimum absolute atomic E-state index is 0.160. The van der Waals surface area contributed by atoms with Crippen molar-refractivity contribution in [2.24, 2.45) is 5.73 Å². The highest BCUT2D eigenvalue weighted by molar-refractivity contribution is 9.10. The van der Waals surface area contributed by atoms with Gasteiger partial charge in [-0.3, -0.25) is 4.79 Å². The Labute approximate surface area is 141 Å². The van der Waals surface area contributed by atoms with Gasteiger partial charge in [0.25, 0.3) is 0 Å². The van der Waals surface area contributed by atoms with E-state index in [0.717, 1.165) is 10.5 Å². The molecule has 0 saturated heterocycles. The molecule has 2 aromatic rings. The maximum Gasteiger partial charge on any atom is 0.323 e. The number of urea groups is 1. The van der Waals surface area contributed by atoms with Crippen LogP contribution in [0.4, 0.5) is 16.2 Å². The van der Waals surface area contributed by atoms with Crippen LogP contribution in [0.1, 0.15) is 5.56 Å². The Hall–Kier alpha value is -2.80. The summed E-state index contributed by atoms with van der Waals surface area (Å²) in [5.41, 5.74) is 6.18. The van der Waals surface area contributed by atoms with E-state index in [4.69, 9.17) is 5.73 Å². The van der Waals surface area contributed by atoms with Gasteiger partial charge in [-0.05, 0) is 40.2 Å². The number of halogens is 1. The molecule has 23 heavy (non-hydrogen) atoms. The predicted octanol–water partition coefficient (Wildman–Crippen LogP) is 3.30. The van der Waals surface area contributed by atoms with Crippen molar-refractivity contribution in [3.8, 4) is 5.75 Å². The van der Waals surface area contributed by atoms with Gasteiger partial charge in [-0.1, -0.05) is 24.3 Å². The highest BCUT2D eigenvalue weighted by atomic mass is 79.9. The molecular weight excluding hydrogens is 362 g/mol. The van der Waals surface area contributed by atoms with Crippen molar-refractivity contribution >= 4 is 45.3 Å². The molecule has 0 atom stereocenters. The van der Waals surface area contributed by atoms with Crippen molar-refractivity contribution in [1.29, 1.82) is 0 Å². The number of rotatable bonds is 4. The Morgan fingerprint density at radius 2 is 1.70 bits per heavy atom. The molecule has 6 nitrogen and oxygen atoms in total. The molecule has 7 heteroatoms. The van der Waals surface area contributed by atoms with E-state index in [1.807, 2.05) is 6.07 Å². The molecule has 118 valence electrons. The largest absolute Gasteiger partial charge is 0.505 e. The first-order chi connectivity index (χ1) is 11.0. The van der Waals surface area contributed by atoms with E-state index >= 15 is 0 Å². The number of phenolic OH excluding ortho intramolecular Hbond substituents is 1.